The average molecular weight is 278 g/mol. The van der Waals surface area contributed by atoms with Gasteiger partial charge < -0.3 is 11.5 Å². The second-order valence-corrected chi connectivity index (χ2v) is 3.87. The van der Waals surface area contributed by atoms with Gasteiger partial charge in [0.05, 0.1) is 0 Å². The lowest BCUT2D eigenvalue weighted by molar-refractivity contribution is -0.354. The van der Waals surface area contributed by atoms with Gasteiger partial charge in [-0.25, -0.2) is 9.97 Å². The molecule has 2 aromatic rings. The molecule has 0 saturated heterocycles. The average Bonchev–Trinajstić information content (AvgIpc) is 2.36. The summed E-state index contributed by atoms with van der Waals surface area (Å²) < 4.78 is 0. The van der Waals surface area contributed by atoms with Gasteiger partial charge in [0.25, 0.3) is 0 Å². The molecule has 0 aliphatic carbocycles. The number of aromatic nitrogens is 6. The van der Waals surface area contributed by atoms with Gasteiger partial charge in [0.1, 0.15) is 13.3 Å². The number of nitrogens with two attached hydrogens (primary N) is 2. The van der Waals surface area contributed by atoms with E-state index in [1.54, 1.807) is 0 Å². The molecule has 10 N–H and O–H groups in total. The fourth-order valence-electron chi connectivity index (χ4n) is 1.60. The Morgan fingerprint density at radius 1 is 0.650 bits per heavy atom. The lowest BCUT2D eigenvalue weighted by Crippen LogP contribution is -2.32. The zero-order chi connectivity index (χ0) is 13.9. The highest BCUT2D eigenvalue weighted by molar-refractivity contribution is 5.37. The number of rotatable bonds is 0. The summed E-state index contributed by atoms with van der Waals surface area (Å²) in [5.74, 6) is 2.17. The minimum absolute atomic E-state index is 0.149. The number of nitrogen functional groups attached to an aromatic ring is 2. The van der Waals surface area contributed by atoms with Gasteiger partial charge >= 0.3 is 35.7 Å². The molecule has 0 atom stereocenters. The summed E-state index contributed by atoms with van der Waals surface area (Å²) in [6, 6.07) is 0. The van der Waals surface area contributed by atoms with Crippen molar-refractivity contribution < 1.29 is 9.97 Å². The Morgan fingerprint density at radius 2 is 0.950 bits per heavy atom. The number of nitrogens with zero attached hydrogens (tertiary/aromatic N) is 4. The lowest BCUT2D eigenvalue weighted by atomic mass is 10.7. The largest absolute Gasteiger partial charge is 0.351 e. The van der Waals surface area contributed by atoms with Crippen LogP contribution in [-0.2, 0) is 0 Å². The van der Waals surface area contributed by atoms with Crippen LogP contribution in [0.2, 0.25) is 0 Å². The molecular weight excluding hydrogens is 264 g/mol. The molecule has 1 aliphatic rings. The van der Waals surface area contributed by atoms with E-state index in [9.17, 15) is 0 Å². The smallest absolute Gasteiger partial charge is 0.324 e. The van der Waals surface area contributed by atoms with Crippen molar-refractivity contribution >= 4 is 35.7 Å². The molecule has 0 aromatic carbocycles. The molecule has 12 heteroatoms. The molecule has 104 valence electrons. The number of aromatic amines is 2. The molecule has 3 rings (SSSR count). The van der Waals surface area contributed by atoms with Crippen molar-refractivity contribution in [2.75, 3.05) is 46.1 Å². The fraction of sp³-hybridized carbons (Fsp3) is 0.250. The highest BCUT2D eigenvalue weighted by atomic mass is 15.3. The third kappa shape index (κ3) is 2.63. The molecule has 3 heterocycles. The second kappa shape index (κ2) is 4.83. The van der Waals surface area contributed by atoms with Crippen LogP contribution in [-0.4, -0.2) is 33.3 Å². The minimum atomic E-state index is 0.149. The monoisotopic (exact) mass is 278 g/mol. The molecule has 1 aliphatic heterocycles. The number of H-pyrrole nitrogens is 2. The number of fused-ring (bicyclic) bond motifs is 4. The first-order valence-electron chi connectivity index (χ1n) is 5.78. The van der Waals surface area contributed by atoms with Gasteiger partial charge in [-0.3, -0.25) is 21.3 Å². The van der Waals surface area contributed by atoms with Gasteiger partial charge in [0, 0.05) is 0 Å². The van der Waals surface area contributed by atoms with Crippen LogP contribution < -0.4 is 42.7 Å². The van der Waals surface area contributed by atoms with Crippen LogP contribution >= 0.6 is 0 Å². The summed E-state index contributed by atoms with van der Waals surface area (Å²) in [6.45, 7) is 0.692. The van der Waals surface area contributed by atoms with Crippen molar-refractivity contribution in [3.8, 4) is 0 Å². The van der Waals surface area contributed by atoms with Crippen molar-refractivity contribution in [1.82, 2.24) is 19.9 Å². The molecule has 0 spiro atoms. The maximum Gasteiger partial charge on any atom is 0.324 e. The van der Waals surface area contributed by atoms with Gasteiger partial charge in [-0.15, -0.1) is 0 Å². The number of hydrogen-bond donors (Lipinski definition) is 6. The van der Waals surface area contributed by atoms with E-state index < -0.39 is 0 Å². The summed E-state index contributed by atoms with van der Waals surface area (Å²) in [5, 5.41) is 12.0. The van der Waals surface area contributed by atoms with Crippen LogP contribution in [0.25, 0.3) is 0 Å². The Kier molecular flexibility index (Phi) is 2.87. The first-order chi connectivity index (χ1) is 9.69. The normalized spacial score (nSPS) is 13.6. The van der Waals surface area contributed by atoms with Crippen LogP contribution in [0, 0.1) is 0 Å². The zero-order valence-corrected chi connectivity index (χ0v) is 10.4. The van der Waals surface area contributed by atoms with Crippen molar-refractivity contribution in [3.63, 3.8) is 0 Å². The van der Waals surface area contributed by atoms with E-state index in [4.69, 9.17) is 11.5 Å². The molecule has 0 amide bonds. The number of hydrogen-bond acceptors (Lipinski definition) is 10. The second-order valence-electron chi connectivity index (χ2n) is 3.87. The van der Waals surface area contributed by atoms with E-state index in [0.29, 0.717) is 37.1 Å². The maximum atomic E-state index is 5.62. The van der Waals surface area contributed by atoms with Crippen LogP contribution in [0.3, 0.4) is 0 Å². The van der Waals surface area contributed by atoms with E-state index in [2.05, 4.69) is 51.2 Å². The topological polar surface area (TPSA) is 180 Å². The predicted molar refractivity (Wildman–Crippen MR) is 70.2 cm³/mol. The Labute approximate surface area is 112 Å². The van der Waals surface area contributed by atoms with E-state index in [1.165, 1.54) is 0 Å². The first kappa shape index (κ1) is 11.9. The fourth-order valence-corrected chi connectivity index (χ4v) is 1.60. The molecule has 2 aromatic heterocycles. The van der Waals surface area contributed by atoms with E-state index >= 15 is 0 Å². The highest BCUT2D eigenvalue weighted by Gasteiger charge is 2.15. The van der Waals surface area contributed by atoms with Gasteiger partial charge in [-0.1, -0.05) is 19.9 Å². The first-order valence-corrected chi connectivity index (χ1v) is 5.78. The summed E-state index contributed by atoms with van der Waals surface area (Å²) in [4.78, 5) is 21.9. The van der Waals surface area contributed by atoms with Crippen molar-refractivity contribution in [1.29, 1.82) is 0 Å². The van der Waals surface area contributed by atoms with Crippen molar-refractivity contribution in [2.24, 2.45) is 0 Å². The predicted octanol–water partition coefficient (Wildman–Crippen LogP) is -2.66. The zero-order valence-electron chi connectivity index (χ0n) is 10.4. The van der Waals surface area contributed by atoms with Crippen LogP contribution in [0.5, 0.6) is 0 Å². The number of anilines is 6. The molecule has 4 bridgehead atoms. The third-order valence-corrected chi connectivity index (χ3v) is 2.40. The molecule has 0 fully saturated rings. The van der Waals surface area contributed by atoms with Crippen LogP contribution in [0.15, 0.2) is 0 Å². The Hall–Kier alpha value is -3.18. The molecule has 20 heavy (non-hydrogen) atoms. The molecule has 12 nitrogen and oxygen atoms in total. The van der Waals surface area contributed by atoms with Gasteiger partial charge in [0.2, 0.25) is 0 Å². The number of nitrogens with one attached hydrogen (secondary N) is 6. The van der Waals surface area contributed by atoms with E-state index in [1.807, 2.05) is 0 Å². The van der Waals surface area contributed by atoms with Crippen LogP contribution in [0.1, 0.15) is 0 Å². The van der Waals surface area contributed by atoms with Gasteiger partial charge in [0.15, 0.2) is 0 Å². The van der Waals surface area contributed by atoms with Crippen molar-refractivity contribution in [3.05, 3.63) is 0 Å². The van der Waals surface area contributed by atoms with E-state index in [-0.39, 0.29) is 11.9 Å². The summed E-state index contributed by atoms with van der Waals surface area (Å²) in [5.41, 5.74) is 11.2. The lowest BCUT2D eigenvalue weighted by Gasteiger charge is -2.07. The quantitative estimate of drug-likeness (QED) is 0.297. The SMILES string of the molecule is Nc1nc2[nH+]c(n1)NCNc1nc(N)nc([nH+]1)NCN2. The molecular formula is C8H14N12+2. The Morgan fingerprint density at radius 3 is 1.25 bits per heavy atom. The Balaban J connectivity index is 1.88. The Bertz CT molecular complexity index is 527. The summed E-state index contributed by atoms with van der Waals surface area (Å²) >= 11 is 0. The van der Waals surface area contributed by atoms with Crippen molar-refractivity contribution in [2.45, 2.75) is 0 Å². The van der Waals surface area contributed by atoms with Gasteiger partial charge in [-0.05, 0) is 0 Å². The third-order valence-electron chi connectivity index (χ3n) is 2.40. The maximum absolute atomic E-state index is 5.62. The minimum Gasteiger partial charge on any atom is -0.351 e. The van der Waals surface area contributed by atoms with Gasteiger partial charge in [-0.2, -0.15) is 0 Å². The molecule has 0 unspecified atom stereocenters. The summed E-state index contributed by atoms with van der Waals surface area (Å²) in [6.07, 6.45) is 0. The standard InChI is InChI=1S/C8H12N12/c9-3-15-5-11-1-12-6-16-4(10)18-8(20-6)14-2-13-7(17-3)19-5/h1-2H2,(H4,9,11,13,15,17,19)(H4,10,12,14,16,18,20)/p+2. The molecule has 0 radical (unpaired) electrons. The highest BCUT2D eigenvalue weighted by Crippen LogP contribution is 2.04. The van der Waals surface area contributed by atoms with Crippen LogP contribution in [0.4, 0.5) is 35.7 Å². The molecule has 0 saturated carbocycles. The summed E-state index contributed by atoms with van der Waals surface area (Å²) in [7, 11) is 0. The van der Waals surface area contributed by atoms with E-state index in [0.717, 1.165) is 0 Å².